The topological polar surface area (TPSA) is 30.5 Å². The molecule has 0 bridgehead atoms. The van der Waals surface area contributed by atoms with Crippen LogP contribution in [0.25, 0.3) is 0 Å². The maximum absolute atomic E-state index is 5.64. The lowest BCUT2D eigenvalue weighted by atomic mass is 9.97. The zero-order valence-corrected chi connectivity index (χ0v) is 12.0. The van der Waals surface area contributed by atoms with Crippen LogP contribution in [-0.4, -0.2) is 25.8 Å². The fourth-order valence-corrected chi connectivity index (χ4v) is 3.11. The van der Waals surface area contributed by atoms with Crippen molar-refractivity contribution >= 4 is 15.9 Å². The third-order valence-corrected chi connectivity index (χ3v) is 4.33. The first-order valence-electron chi connectivity index (χ1n) is 6.64. The monoisotopic (exact) mass is 311 g/mol. The molecular weight excluding hydrogens is 294 g/mol. The van der Waals surface area contributed by atoms with Gasteiger partial charge >= 0.3 is 0 Å². The van der Waals surface area contributed by atoms with Gasteiger partial charge in [0.2, 0.25) is 0 Å². The molecular formula is C14H18BrNO2. The highest BCUT2D eigenvalue weighted by Crippen LogP contribution is 2.36. The molecule has 2 aliphatic rings. The van der Waals surface area contributed by atoms with Crippen molar-refractivity contribution in [3.8, 4) is 11.5 Å². The van der Waals surface area contributed by atoms with Gasteiger partial charge in [0.05, 0.1) is 0 Å². The van der Waals surface area contributed by atoms with E-state index in [-0.39, 0.29) is 0 Å². The summed E-state index contributed by atoms with van der Waals surface area (Å²) < 4.78 is 12.3. The summed E-state index contributed by atoms with van der Waals surface area (Å²) in [5.41, 5.74) is 1.30. The molecule has 4 heteroatoms. The first kappa shape index (κ1) is 12.3. The third-order valence-electron chi connectivity index (χ3n) is 3.59. The maximum Gasteiger partial charge on any atom is 0.162 e. The fourth-order valence-electron chi connectivity index (χ4n) is 2.63. The second-order valence-corrected chi connectivity index (χ2v) is 5.79. The molecule has 0 spiro atoms. The van der Waals surface area contributed by atoms with E-state index in [2.05, 4.69) is 27.3 Å². The average molecular weight is 312 g/mol. The molecule has 2 heterocycles. The Balaban J connectivity index is 1.78. The number of rotatable bonds is 2. The number of hydrogen-bond acceptors (Lipinski definition) is 3. The van der Waals surface area contributed by atoms with E-state index in [4.69, 9.17) is 9.47 Å². The predicted octanol–water partition coefficient (Wildman–Crippen LogP) is 2.90. The highest BCUT2D eigenvalue weighted by atomic mass is 79.9. The van der Waals surface area contributed by atoms with Crippen molar-refractivity contribution < 1.29 is 9.47 Å². The Hall–Kier alpha value is -0.740. The van der Waals surface area contributed by atoms with Crippen molar-refractivity contribution in [3.05, 3.63) is 22.2 Å². The molecule has 3 rings (SSSR count). The van der Waals surface area contributed by atoms with E-state index in [0.717, 1.165) is 28.9 Å². The Morgan fingerprint density at radius 1 is 1.17 bits per heavy atom. The molecule has 0 radical (unpaired) electrons. The number of hydrogen-bond donors (Lipinski definition) is 1. The molecule has 1 N–H and O–H groups in total. The number of piperidine rings is 1. The van der Waals surface area contributed by atoms with Crippen molar-refractivity contribution in [2.45, 2.75) is 31.7 Å². The molecule has 1 atom stereocenters. The highest BCUT2D eigenvalue weighted by molar-refractivity contribution is 9.10. The van der Waals surface area contributed by atoms with Crippen LogP contribution < -0.4 is 14.8 Å². The quantitative estimate of drug-likeness (QED) is 0.911. The smallest absolute Gasteiger partial charge is 0.162 e. The Morgan fingerprint density at radius 3 is 2.67 bits per heavy atom. The van der Waals surface area contributed by atoms with Crippen molar-refractivity contribution in [3.63, 3.8) is 0 Å². The number of halogens is 1. The molecule has 1 aromatic rings. The van der Waals surface area contributed by atoms with Crippen LogP contribution in [0.5, 0.6) is 11.5 Å². The zero-order valence-electron chi connectivity index (χ0n) is 10.4. The van der Waals surface area contributed by atoms with Crippen LogP contribution in [-0.2, 0) is 6.42 Å². The summed E-state index contributed by atoms with van der Waals surface area (Å²) in [5.74, 6) is 1.74. The molecule has 1 unspecified atom stereocenters. The summed E-state index contributed by atoms with van der Waals surface area (Å²) in [7, 11) is 0. The van der Waals surface area contributed by atoms with E-state index in [9.17, 15) is 0 Å². The number of ether oxygens (including phenoxy) is 2. The van der Waals surface area contributed by atoms with Crippen LogP contribution in [0.4, 0.5) is 0 Å². The first-order valence-corrected chi connectivity index (χ1v) is 7.43. The summed E-state index contributed by atoms with van der Waals surface area (Å²) >= 11 is 3.64. The molecule has 0 aromatic heterocycles. The average Bonchev–Trinajstić information content (AvgIpc) is 2.41. The Labute approximate surface area is 116 Å². The Kier molecular flexibility index (Phi) is 3.75. The van der Waals surface area contributed by atoms with Gasteiger partial charge in [-0.05, 0) is 43.5 Å². The van der Waals surface area contributed by atoms with Gasteiger partial charge < -0.3 is 14.8 Å². The van der Waals surface area contributed by atoms with Crippen LogP contribution in [0.2, 0.25) is 0 Å². The Bertz CT molecular complexity index is 430. The largest absolute Gasteiger partial charge is 0.486 e. The van der Waals surface area contributed by atoms with Crippen LogP contribution in [0.3, 0.4) is 0 Å². The lowest BCUT2D eigenvalue weighted by molar-refractivity contribution is 0.171. The lowest BCUT2D eigenvalue weighted by Gasteiger charge is -2.25. The molecule has 1 aromatic carbocycles. The minimum Gasteiger partial charge on any atom is -0.486 e. The normalized spacial score (nSPS) is 22.8. The van der Waals surface area contributed by atoms with E-state index in [1.807, 2.05) is 6.07 Å². The minimum absolute atomic E-state index is 0.595. The second kappa shape index (κ2) is 5.49. The van der Waals surface area contributed by atoms with E-state index in [1.54, 1.807) is 0 Å². The molecule has 2 aliphatic heterocycles. The van der Waals surface area contributed by atoms with Gasteiger partial charge in [-0.3, -0.25) is 0 Å². The molecule has 3 nitrogen and oxygen atoms in total. The van der Waals surface area contributed by atoms with E-state index < -0.39 is 0 Å². The highest BCUT2D eigenvalue weighted by Gasteiger charge is 2.18. The molecule has 0 amide bonds. The molecule has 0 aliphatic carbocycles. The SMILES string of the molecule is Brc1cc2c(cc1CC1CCCCN1)OCCO2. The predicted molar refractivity (Wildman–Crippen MR) is 74.5 cm³/mol. The molecule has 18 heavy (non-hydrogen) atoms. The summed E-state index contributed by atoms with van der Waals surface area (Å²) in [4.78, 5) is 0. The number of nitrogens with one attached hydrogen (secondary N) is 1. The van der Waals surface area contributed by atoms with Crippen LogP contribution in [0, 0.1) is 0 Å². The third kappa shape index (κ3) is 2.64. The van der Waals surface area contributed by atoms with Gasteiger partial charge in [-0.15, -0.1) is 0 Å². The van der Waals surface area contributed by atoms with E-state index >= 15 is 0 Å². The number of benzene rings is 1. The van der Waals surface area contributed by atoms with Crippen LogP contribution in [0.15, 0.2) is 16.6 Å². The van der Waals surface area contributed by atoms with Gasteiger partial charge in [0.25, 0.3) is 0 Å². The van der Waals surface area contributed by atoms with Gasteiger partial charge in [-0.2, -0.15) is 0 Å². The van der Waals surface area contributed by atoms with Crippen molar-refractivity contribution in [2.24, 2.45) is 0 Å². The number of fused-ring (bicyclic) bond motifs is 1. The lowest BCUT2D eigenvalue weighted by Crippen LogP contribution is -2.35. The first-order chi connectivity index (χ1) is 8.83. The second-order valence-electron chi connectivity index (χ2n) is 4.94. The van der Waals surface area contributed by atoms with Crippen LogP contribution >= 0.6 is 15.9 Å². The molecule has 1 saturated heterocycles. The summed E-state index contributed by atoms with van der Waals surface area (Å²) in [5, 5.41) is 3.58. The fraction of sp³-hybridized carbons (Fsp3) is 0.571. The van der Waals surface area contributed by atoms with Gasteiger partial charge in [0.15, 0.2) is 11.5 Å². The van der Waals surface area contributed by atoms with Crippen molar-refractivity contribution in [1.29, 1.82) is 0 Å². The molecule has 98 valence electrons. The van der Waals surface area contributed by atoms with Crippen molar-refractivity contribution in [1.82, 2.24) is 5.32 Å². The zero-order chi connectivity index (χ0) is 12.4. The Morgan fingerprint density at radius 2 is 1.94 bits per heavy atom. The maximum atomic E-state index is 5.64. The summed E-state index contributed by atoms with van der Waals surface area (Å²) in [6.07, 6.45) is 4.96. The van der Waals surface area contributed by atoms with E-state index in [0.29, 0.717) is 19.3 Å². The van der Waals surface area contributed by atoms with Gasteiger partial charge in [-0.25, -0.2) is 0 Å². The van der Waals surface area contributed by atoms with E-state index in [1.165, 1.54) is 24.8 Å². The van der Waals surface area contributed by atoms with Gasteiger partial charge in [-0.1, -0.05) is 22.4 Å². The van der Waals surface area contributed by atoms with Gasteiger partial charge in [0, 0.05) is 10.5 Å². The van der Waals surface area contributed by atoms with Crippen molar-refractivity contribution in [2.75, 3.05) is 19.8 Å². The molecule has 0 saturated carbocycles. The summed E-state index contributed by atoms with van der Waals surface area (Å²) in [6.45, 7) is 2.44. The minimum atomic E-state index is 0.595. The summed E-state index contributed by atoms with van der Waals surface area (Å²) in [6, 6.07) is 4.75. The standard InChI is InChI=1S/C14H18BrNO2/c15-12-9-14-13(17-5-6-18-14)8-10(12)7-11-3-1-2-4-16-11/h8-9,11,16H,1-7H2. The molecule has 1 fully saturated rings. The van der Waals surface area contributed by atoms with Gasteiger partial charge in [0.1, 0.15) is 13.2 Å². The van der Waals surface area contributed by atoms with Crippen LogP contribution in [0.1, 0.15) is 24.8 Å².